The summed E-state index contributed by atoms with van der Waals surface area (Å²) in [5.41, 5.74) is 0.709. The first-order valence-corrected chi connectivity index (χ1v) is 6.61. The molecule has 19 heavy (non-hydrogen) atoms. The van der Waals surface area contributed by atoms with E-state index in [9.17, 15) is 9.59 Å². The number of nitrogens with zero attached hydrogens (tertiary/aromatic N) is 2. The molecule has 1 aliphatic rings. The Hall–Kier alpha value is -2.10. The molecule has 0 aliphatic heterocycles. The van der Waals surface area contributed by atoms with Gasteiger partial charge in [-0.05, 0) is 12.8 Å². The van der Waals surface area contributed by atoms with Gasteiger partial charge in [-0.1, -0.05) is 30.3 Å². The van der Waals surface area contributed by atoms with Crippen LogP contribution in [-0.2, 0) is 6.54 Å². The summed E-state index contributed by atoms with van der Waals surface area (Å²) >= 11 is 0. The Balaban J connectivity index is 1.66. The highest BCUT2D eigenvalue weighted by Crippen LogP contribution is 2.33. The van der Waals surface area contributed by atoms with Crippen LogP contribution in [0.2, 0.25) is 0 Å². The summed E-state index contributed by atoms with van der Waals surface area (Å²) in [4.78, 5) is 24.0. The average Bonchev–Trinajstić information content (AvgIpc) is 3.22. The average molecular weight is 256 g/mol. The molecule has 1 aromatic carbocycles. The quantitative estimate of drug-likeness (QED) is 0.770. The van der Waals surface area contributed by atoms with Crippen molar-refractivity contribution < 1.29 is 4.79 Å². The molecule has 0 bridgehead atoms. The molecular formula is C15H16N2O2. The van der Waals surface area contributed by atoms with Crippen molar-refractivity contribution in [3.8, 4) is 0 Å². The van der Waals surface area contributed by atoms with Crippen LogP contribution in [0, 0.1) is 0 Å². The third kappa shape index (κ3) is 2.52. The lowest BCUT2D eigenvalue weighted by Gasteiger charge is -2.02. The maximum Gasteiger partial charge on any atom is 0.328 e. The summed E-state index contributed by atoms with van der Waals surface area (Å²) in [6, 6.07) is 9.59. The van der Waals surface area contributed by atoms with Gasteiger partial charge in [-0.25, -0.2) is 4.79 Å². The van der Waals surface area contributed by atoms with E-state index in [1.54, 1.807) is 27.5 Å². The molecule has 0 saturated heterocycles. The second-order valence-corrected chi connectivity index (χ2v) is 4.95. The number of hydrogen-bond donors (Lipinski definition) is 0. The second kappa shape index (κ2) is 4.88. The number of benzene rings is 1. The third-order valence-corrected chi connectivity index (χ3v) is 3.49. The second-order valence-electron chi connectivity index (χ2n) is 4.95. The minimum absolute atomic E-state index is 0.00311. The van der Waals surface area contributed by atoms with Crippen LogP contribution in [-0.4, -0.2) is 14.9 Å². The maximum atomic E-state index is 12.0. The van der Waals surface area contributed by atoms with E-state index in [-0.39, 0.29) is 11.5 Å². The first-order valence-electron chi connectivity index (χ1n) is 6.61. The summed E-state index contributed by atoms with van der Waals surface area (Å²) < 4.78 is 3.39. The van der Waals surface area contributed by atoms with Crippen molar-refractivity contribution in [1.82, 2.24) is 9.13 Å². The van der Waals surface area contributed by atoms with E-state index in [4.69, 9.17) is 0 Å². The van der Waals surface area contributed by atoms with Gasteiger partial charge >= 0.3 is 5.69 Å². The number of carbonyl (C=O) groups is 1. The van der Waals surface area contributed by atoms with E-state index in [1.807, 2.05) is 24.4 Å². The highest BCUT2D eigenvalue weighted by atomic mass is 16.2. The van der Waals surface area contributed by atoms with E-state index in [1.165, 1.54) is 0 Å². The summed E-state index contributed by atoms with van der Waals surface area (Å²) in [6.07, 6.45) is 6.14. The topological polar surface area (TPSA) is 44.0 Å². The molecule has 1 heterocycles. The standard InChI is InChI=1S/C15H16N2O2/c18-14(12-4-2-1-3-5-12)8-9-16-10-11-17(15(16)19)13-6-7-13/h1-5,10-11,13H,6-9H2. The number of ketones is 1. The molecule has 4 nitrogen and oxygen atoms in total. The van der Waals surface area contributed by atoms with Crippen molar-refractivity contribution >= 4 is 5.78 Å². The van der Waals surface area contributed by atoms with Gasteiger partial charge in [0, 0.05) is 37.0 Å². The molecule has 0 atom stereocenters. The summed E-state index contributed by atoms with van der Waals surface area (Å²) in [5, 5.41) is 0. The summed E-state index contributed by atoms with van der Waals surface area (Å²) in [6.45, 7) is 0.451. The molecule has 98 valence electrons. The molecule has 2 aromatic rings. The fourth-order valence-corrected chi connectivity index (χ4v) is 2.22. The van der Waals surface area contributed by atoms with Crippen LogP contribution in [0.5, 0.6) is 0 Å². The van der Waals surface area contributed by atoms with Crippen LogP contribution >= 0.6 is 0 Å². The normalized spacial score (nSPS) is 14.5. The Bertz CT molecular complexity index is 636. The lowest BCUT2D eigenvalue weighted by atomic mass is 10.1. The predicted octanol–water partition coefficient (Wildman–Crippen LogP) is 2.26. The van der Waals surface area contributed by atoms with Gasteiger partial charge in [0.25, 0.3) is 0 Å². The van der Waals surface area contributed by atoms with Crippen LogP contribution < -0.4 is 5.69 Å². The van der Waals surface area contributed by atoms with Crippen LogP contribution in [0.15, 0.2) is 47.5 Å². The molecule has 3 rings (SSSR count). The zero-order valence-corrected chi connectivity index (χ0v) is 10.7. The van der Waals surface area contributed by atoms with E-state index < -0.39 is 0 Å². The van der Waals surface area contributed by atoms with Crippen molar-refractivity contribution in [1.29, 1.82) is 0 Å². The number of aryl methyl sites for hydroxylation is 1. The van der Waals surface area contributed by atoms with E-state index in [0.29, 0.717) is 24.6 Å². The van der Waals surface area contributed by atoms with Crippen molar-refractivity contribution in [3.63, 3.8) is 0 Å². The molecule has 0 amide bonds. The van der Waals surface area contributed by atoms with Gasteiger partial charge in [-0.2, -0.15) is 0 Å². The monoisotopic (exact) mass is 256 g/mol. The number of aromatic nitrogens is 2. The highest BCUT2D eigenvalue weighted by molar-refractivity contribution is 5.95. The van der Waals surface area contributed by atoms with E-state index >= 15 is 0 Å². The molecule has 1 fully saturated rings. The van der Waals surface area contributed by atoms with Crippen LogP contribution in [0.1, 0.15) is 35.7 Å². The zero-order chi connectivity index (χ0) is 13.2. The zero-order valence-electron chi connectivity index (χ0n) is 10.7. The molecule has 0 N–H and O–H groups in total. The molecule has 0 radical (unpaired) electrons. The molecule has 0 spiro atoms. The summed E-state index contributed by atoms with van der Waals surface area (Å²) in [7, 11) is 0. The van der Waals surface area contributed by atoms with E-state index in [2.05, 4.69) is 0 Å². The number of Topliss-reactive ketones (excluding diaryl/α,β-unsaturated/α-hetero) is 1. The van der Waals surface area contributed by atoms with Crippen molar-refractivity contribution in [2.24, 2.45) is 0 Å². The third-order valence-electron chi connectivity index (χ3n) is 3.49. The fraction of sp³-hybridized carbons (Fsp3) is 0.333. The fourth-order valence-electron chi connectivity index (χ4n) is 2.22. The van der Waals surface area contributed by atoms with E-state index in [0.717, 1.165) is 12.8 Å². The van der Waals surface area contributed by atoms with Gasteiger partial charge in [0.15, 0.2) is 5.78 Å². The Morgan fingerprint density at radius 1 is 1.16 bits per heavy atom. The van der Waals surface area contributed by atoms with Crippen LogP contribution in [0.3, 0.4) is 0 Å². The van der Waals surface area contributed by atoms with Crippen molar-refractivity contribution in [2.45, 2.75) is 31.8 Å². The first-order chi connectivity index (χ1) is 9.25. The number of carbonyl (C=O) groups excluding carboxylic acids is 1. The maximum absolute atomic E-state index is 12.0. The highest BCUT2D eigenvalue weighted by Gasteiger charge is 2.25. The van der Waals surface area contributed by atoms with Gasteiger partial charge in [-0.3, -0.25) is 13.9 Å². The number of rotatable bonds is 5. The Morgan fingerprint density at radius 2 is 1.89 bits per heavy atom. The Labute approximate surface area is 111 Å². The number of hydrogen-bond acceptors (Lipinski definition) is 2. The SMILES string of the molecule is O=C(CCn1ccn(C2CC2)c1=O)c1ccccc1. The molecule has 0 unspecified atom stereocenters. The smallest absolute Gasteiger partial charge is 0.299 e. The minimum Gasteiger partial charge on any atom is -0.299 e. The lowest BCUT2D eigenvalue weighted by Crippen LogP contribution is -2.24. The van der Waals surface area contributed by atoms with Gasteiger partial charge in [-0.15, -0.1) is 0 Å². The summed E-state index contributed by atoms with van der Waals surface area (Å²) in [5.74, 6) is 0.0756. The molecular weight excluding hydrogens is 240 g/mol. The van der Waals surface area contributed by atoms with Crippen LogP contribution in [0.25, 0.3) is 0 Å². The predicted molar refractivity (Wildman–Crippen MR) is 72.4 cm³/mol. The van der Waals surface area contributed by atoms with Crippen LogP contribution in [0.4, 0.5) is 0 Å². The number of imidazole rings is 1. The molecule has 1 aromatic heterocycles. The molecule has 1 aliphatic carbocycles. The Morgan fingerprint density at radius 3 is 2.58 bits per heavy atom. The lowest BCUT2D eigenvalue weighted by molar-refractivity contribution is 0.0976. The van der Waals surface area contributed by atoms with Gasteiger partial charge in [0.1, 0.15) is 0 Å². The van der Waals surface area contributed by atoms with Gasteiger partial charge in [0.05, 0.1) is 0 Å². The Kier molecular flexibility index (Phi) is 3.07. The van der Waals surface area contributed by atoms with Gasteiger partial charge in [0.2, 0.25) is 0 Å². The van der Waals surface area contributed by atoms with Gasteiger partial charge < -0.3 is 0 Å². The molecule has 4 heteroatoms. The van der Waals surface area contributed by atoms with Crippen molar-refractivity contribution in [2.75, 3.05) is 0 Å². The molecule has 1 saturated carbocycles. The first kappa shape index (κ1) is 12.0. The van der Waals surface area contributed by atoms with Crippen molar-refractivity contribution in [3.05, 3.63) is 58.8 Å². The largest absolute Gasteiger partial charge is 0.328 e. The minimum atomic E-state index is 0.00311.